The van der Waals surface area contributed by atoms with E-state index >= 15 is 0 Å². The van der Waals surface area contributed by atoms with E-state index in [1.165, 1.54) is 38.5 Å². The highest BCUT2D eigenvalue weighted by Crippen LogP contribution is 2.45. The topological polar surface area (TPSA) is 179 Å². The first-order valence-corrected chi connectivity index (χ1v) is 10.3. The third-order valence-electron chi connectivity index (χ3n) is 5.86. The van der Waals surface area contributed by atoms with Gasteiger partial charge in [0.2, 0.25) is 0 Å². The molecule has 0 aliphatic carbocycles. The summed E-state index contributed by atoms with van der Waals surface area (Å²) in [5.41, 5.74) is -0.408. The molecule has 0 bridgehead atoms. The Kier molecular flexibility index (Phi) is 6.39. The molecule has 6 N–H and O–H groups in total. The van der Waals surface area contributed by atoms with E-state index in [0.717, 1.165) is 6.07 Å². The van der Waals surface area contributed by atoms with Crippen molar-refractivity contribution in [2.75, 3.05) is 20.8 Å². The van der Waals surface area contributed by atoms with Gasteiger partial charge < -0.3 is 49.3 Å². The summed E-state index contributed by atoms with van der Waals surface area (Å²) >= 11 is 0. The molecule has 0 unspecified atom stereocenters. The minimum absolute atomic E-state index is 0.0297. The largest absolute Gasteiger partial charge is 0.506 e. The van der Waals surface area contributed by atoms with Crippen molar-refractivity contribution in [3.05, 3.63) is 46.1 Å². The lowest BCUT2D eigenvalue weighted by Crippen LogP contribution is -2.55. The van der Waals surface area contributed by atoms with Crippen LogP contribution < -0.4 is 14.9 Å². The van der Waals surface area contributed by atoms with Crippen LogP contribution in [0.2, 0.25) is 0 Å². The average molecular weight is 476 g/mol. The van der Waals surface area contributed by atoms with E-state index in [-0.39, 0.29) is 39.5 Å². The van der Waals surface area contributed by atoms with Crippen LogP contribution in [0.5, 0.6) is 23.0 Å². The number of aliphatic hydroxyl groups excluding tert-OH is 4. The predicted octanol–water partition coefficient (Wildman–Crippen LogP) is 0.403. The van der Waals surface area contributed by atoms with Gasteiger partial charge >= 0.3 is 0 Å². The van der Waals surface area contributed by atoms with Crippen molar-refractivity contribution in [1.29, 1.82) is 0 Å². The predicted molar refractivity (Wildman–Crippen MR) is 117 cm³/mol. The third-order valence-corrected chi connectivity index (χ3v) is 5.86. The Morgan fingerprint density at radius 3 is 2.29 bits per heavy atom. The SMILES string of the molecule is COc1cc(-c2cc(=O)c3c(O)c([C@@H]4O[C@@H](CO)[C@@H](O)[C@H](O)[C@H]4O)c(OC)cc3o2)ccc1O. The molecule has 0 saturated carbocycles. The molecule has 0 radical (unpaired) electrons. The lowest BCUT2D eigenvalue weighted by atomic mass is 9.89. The summed E-state index contributed by atoms with van der Waals surface area (Å²) in [6.45, 7) is -0.667. The molecule has 1 aliphatic rings. The number of aliphatic hydroxyl groups is 4. The Hall–Kier alpha value is -3.35. The molecule has 1 saturated heterocycles. The quantitative estimate of drug-likeness (QED) is 0.300. The Balaban J connectivity index is 1.89. The molecular formula is C23H24O11. The number of benzene rings is 2. The van der Waals surface area contributed by atoms with Gasteiger partial charge in [-0.3, -0.25) is 4.79 Å². The van der Waals surface area contributed by atoms with Gasteiger partial charge in [0.25, 0.3) is 0 Å². The number of phenols is 2. The maximum absolute atomic E-state index is 13.0. The number of phenolic OH excluding ortho intramolecular Hbond substituents is 2. The highest BCUT2D eigenvalue weighted by atomic mass is 16.5. The van der Waals surface area contributed by atoms with E-state index < -0.39 is 48.3 Å². The van der Waals surface area contributed by atoms with Crippen LogP contribution in [0.4, 0.5) is 0 Å². The van der Waals surface area contributed by atoms with Crippen molar-refractivity contribution in [1.82, 2.24) is 0 Å². The maximum Gasteiger partial charge on any atom is 0.197 e. The van der Waals surface area contributed by atoms with E-state index in [4.69, 9.17) is 18.6 Å². The number of ether oxygens (including phenoxy) is 3. The van der Waals surface area contributed by atoms with Crippen LogP contribution >= 0.6 is 0 Å². The third kappa shape index (κ3) is 3.83. The zero-order chi connectivity index (χ0) is 24.7. The van der Waals surface area contributed by atoms with Crippen molar-refractivity contribution in [2.45, 2.75) is 30.5 Å². The second-order valence-electron chi connectivity index (χ2n) is 7.83. The molecule has 1 fully saturated rings. The van der Waals surface area contributed by atoms with Crippen molar-refractivity contribution < 1.29 is 49.3 Å². The fourth-order valence-corrected chi connectivity index (χ4v) is 4.05. The number of fused-ring (bicyclic) bond motifs is 1. The highest BCUT2D eigenvalue weighted by Gasteiger charge is 2.46. The molecule has 2 heterocycles. The molecule has 0 spiro atoms. The minimum atomic E-state index is -1.70. The molecule has 2 aromatic carbocycles. The monoisotopic (exact) mass is 476 g/mol. The summed E-state index contributed by atoms with van der Waals surface area (Å²) < 4.78 is 21.8. The molecule has 1 aromatic heterocycles. The molecular weight excluding hydrogens is 452 g/mol. The van der Waals surface area contributed by atoms with Crippen molar-refractivity contribution in [3.63, 3.8) is 0 Å². The van der Waals surface area contributed by atoms with Gasteiger partial charge in [0, 0.05) is 17.7 Å². The first-order valence-electron chi connectivity index (χ1n) is 10.3. The van der Waals surface area contributed by atoms with Gasteiger partial charge in [0.15, 0.2) is 16.9 Å². The van der Waals surface area contributed by atoms with Crippen LogP contribution in [-0.4, -0.2) is 75.9 Å². The molecule has 11 nitrogen and oxygen atoms in total. The number of hydrogen-bond acceptors (Lipinski definition) is 11. The second kappa shape index (κ2) is 9.12. The number of hydrogen-bond donors (Lipinski definition) is 6. The van der Waals surface area contributed by atoms with Gasteiger partial charge in [0.1, 0.15) is 58.7 Å². The van der Waals surface area contributed by atoms with Gasteiger partial charge in [-0.25, -0.2) is 0 Å². The zero-order valence-corrected chi connectivity index (χ0v) is 18.2. The van der Waals surface area contributed by atoms with Gasteiger partial charge in [0.05, 0.1) is 26.4 Å². The van der Waals surface area contributed by atoms with Gasteiger partial charge in [-0.1, -0.05) is 0 Å². The lowest BCUT2D eigenvalue weighted by molar-refractivity contribution is -0.232. The van der Waals surface area contributed by atoms with Gasteiger partial charge in [-0.05, 0) is 18.2 Å². The molecule has 3 aromatic rings. The van der Waals surface area contributed by atoms with Crippen LogP contribution in [0.3, 0.4) is 0 Å². The van der Waals surface area contributed by atoms with Crippen LogP contribution in [-0.2, 0) is 4.74 Å². The summed E-state index contributed by atoms with van der Waals surface area (Å²) in [6, 6.07) is 6.81. The van der Waals surface area contributed by atoms with Crippen molar-refractivity contribution >= 4 is 11.0 Å². The number of rotatable bonds is 5. The highest BCUT2D eigenvalue weighted by molar-refractivity contribution is 5.88. The smallest absolute Gasteiger partial charge is 0.197 e. The summed E-state index contributed by atoms with van der Waals surface area (Å²) in [7, 11) is 2.65. The summed E-state index contributed by atoms with van der Waals surface area (Å²) in [5.74, 6) is -0.450. The Bertz CT molecular complexity index is 1270. The van der Waals surface area contributed by atoms with E-state index in [2.05, 4.69) is 0 Å². The van der Waals surface area contributed by atoms with E-state index in [1.807, 2.05) is 0 Å². The summed E-state index contributed by atoms with van der Waals surface area (Å²) in [6.07, 6.45) is -7.66. The summed E-state index contributed by atoms with van der Waals surface area (Å²) in [5, 5.41) is 60.8. The normalized spacial score (nSPS) is 24.8. The van der Waals surface area contributed by atoms with Gasteiger partial charge in [-0.2, -0.15) is 0 Å². The van der Waals surface area contributed by atoms with Crippen LogP contribution in [0.25, 0.3) is 22.3 Å². The molecule has 0 amide bonds. The standard InChI is InChI=1S/C23H24O11/c1-31-13-5-9(3-4-10(13)25)12-6-11(26)17-15(33-12)7-14(32-2)18(20(17)28)23-22(30)21(29)19(27)16(8-24)34-23/h3-7,16,19,21-25,27-30H,8H2,1-2H3/t16-,19+,21-,22+,23-/m0/s1. The fourth-order valence-electron chi connectivity index (χ4n) is 4.05. The fraction of sp³-hybridized carbons (Fsp3) is 0.348. The molecule has 5 atom stereocenters. The van der Waals surface area contributed by atoms with E-state index in [9.17, 15) is 35.4 Å². The first kappa shape index (κ1) is 23.8. The molecule has 1 aliphatic heterocycles. The minimum Gasteiger partial charge on any atom is -0.506 e. The number of aromatic hydroxyl groups is 2. The average Bonchev–Trinajstić information content (AvgIpc) is 2.83. The molecule has 11 heteroatoms. The van der Waals surface area contributed by atoms with E-state index in [1.54, 1.807) is 0 Å². The van der Waals surface area contributed by atoms with Crippen molar-refractivity contribution in [3.8, 4) is 34.3 Å². The summed E-state index contributed by atoms with van der Waals surface area (Å²) in [4.78, 5) is 13.0. The Labute approximate surface area is 192 Å². The Morgan fingerprint density at radius 1 is 0.941 bits per heavy atom. The van der Waals surface area contributed by atoms with Crippen LogP contribution in [0.1, 0.15) is 11.7 Å². The van der Waals surface area contributed by atoms with Gasteiger partial charge in [-0.15, -0.1) is 0 Å². The molecule has 34 heavy (non-hydrogen) atoms. The molecule has 4 rings (SSSR count). The second-order valence-corrected chi connectivity index (χ2v) is 7.83. The van der Waals surface area contributed by atoms with E-state index in [0.29, 0.717) is 5.56 Å². The zero-order valence-electron chi connectivity index (χ0n) is 18.2. The maximum atomic E-state index is 13.0. The van der Waals surface area contributed by atoms with Crippen LogP contribution in [0, 0.1) is 0 Å². The van der Waals surface area contributed by atoms with Crippen molar-refractivity contribution in [2.24, 2.45) is 0 Å². The lowest BCUT2D eigenvalue weighted by Gasteiger charge is -2.40. The molecule has 182 valence electrons. The first-order chi connectivity index (χ1) is 16.2. The number of methoxy groups -OCH3 is 2. The van der Waals surface area contributed by atoms with Crippen LogP contribution in [0.15, 0.2) is 39.5 Å². The Morgan fingerprint density at radius 2 is 1.65 bits per heavy atom.